The number of carboxylic acids is 1. The molecule has 0 amide bonds. The Bertz CT molecular complexity index is 796. The van der Waals surface area contributed by atoms with Crippen LogP contribution in [0.25, 0.3) is 11.2 Å². The smallest absolute Gasteiger partial charge is 0.336 e. The number of nitrogens with two attached hydrogens (primary N) is 1. The van der Waals surface area contributed by atoms with Crippen LogP contribution in [0.3, 0.4) is 0 Å². The van der Waals surface area contributed by atoms with Gasteiger partial charge in [-0.2, -0.15) is 0 Å². The van der Waals surface area contributed by atoms with Crippen LogP contribution in [0.4, 0.5) is 5.82 Å². The molecule has 0 aliphatic rings. The lowest BCUT2D eigenvalue weighted by molar-refractivity contribution is 0.0695. The molecule has 7 nitrogen and oxygen atoms in total. The molecule has 7 heteroatoms. The maximum atomic E-state index is 11.2. The third kappa shape index (κ3) is 1.95. The van der Waals surface area contributed by atoms with E-state index in [1.807, 2.05) is 0 Å². The van der Waals surface area contributed by atoms with Crippen LogP contribution in [-0.4, -0.2) is 30.6 Å². The lowest BCUT2D eigenvalue weighted by atomic mass is 10.1. The molecule has 1 aromatic carbocycles. The fourth-order valence-electron chi connectivity index (χ4n) is 2.06. The number of hydrogen-bond acceptors (Lipinski definition) is 5. The average Bonchev–Trinajstić information content (AvgIpc) is 2.84. The van der Waals surface area contributed by atoms with Crippen molar-refractivity contribution in [2.75, 3.05) is 5.73 Å². The molecule has 20 heavy (non-hydrogen) atoms. The molecule has 0 unspecified atom stereocenters. The number of nitrogen functional groups attached to an aromatic ring is 1. The number of anilines is 1. The largest absolute Gasteiger partial charge is 0.478 e. The molecule has 100 valence electrons. The van der Waals surface area contributed by atoms with Crippen molar-refractivity contribution in [1.82, 2.24) is 19.5 Å². The predicted octanol–water partition coefficient (Wildman–Crippen LogP) is 1.16. The van der Waals surface area contributed by atoms with Crippen molar-refractivity contribution in [2.24, 2.45) is 0 Å². The Morgan fingerprint density at radius 3 is 2.85 bits per heavy atom. The quantitative estimate of drug-likeness (QED) is 0.738. The lowest BCUT2D eigenvalue weighted by Gasteiger charge is -2.07. The van der Waals surface area contributed by atoms with Gasteiger partial charge in [0, 0.05) is 0 Å². The van der Waals surface area contributed by atoms with Crippen molar-refractivity contribution in [3.63, 3.8) is 0 Å². The first-order chi connectivity index (χ1) is 9.66. The second-order valence-electron chi connectivity index (χ2n) is 4.27. The number of fused-ring (bicyclic) bond motifs is 1. The summed E-state index contributed by atoms with van der Waals surface area (Å²) in [5.41, 5.74) is 7.75. The molecule has 0 spiro atoms. The summed E-state index contributed by atoms with van der Waals surface area (Å²) < 4.78 is 1.75. The van der Waals surface area contributed by atoms with Crippen molar-refractivity contribution in [1.29, 1.82) is 0 Å². The van der Waals surface area contributed by atoms with Gasteiger partial charge in [0.25, 0.3) is 0 Å². The fraction of sp³-hybridized carbons (Fsp3) is 0.0769. The van der Waals surface area contributed by atoms with Crippen LogP contribution >= 0.6 is 0 Å². The molecule has 0 saturated heterocycles. The first-order valence-corrected chi connectivity index (χ1v) is 5.89. The predicted molar refractivity (Wildman–Crippen MR) is 72.2 cm³/mol. The highest BCUT2D eigenvalue weighted by molar-refractivity contribution is 5.89. The van der Waals surface area contributed by atoms with Gasteiger partial charge in [0.15, 0.2) is 11.5 Å². The zero-order chi connectivity index (χ0) is 14.1. The SMILES string of the molecule is Nc1ncnc2c1ncn2Cc1ccccc1C(=O)O. The summed E-state index contributed by atoms with van der Waals surface area (Å²) in [5.74, 6) is -0.653. The normalized spacial score (nSPS) is 10.8. The number of benzene rings is 1. The van der Waals surface area contributed by atoms with Crippen molar-refractivity contribution in [3.8, 4) is 0 Å². The molecule has 0 radical (unpaired) electrons. The van der Waals surface area contributed by atoms with E-state index in [-0.39, 0.29) is 5.56 Å². The number of rotatable bonds is 3. The van der Waals surface area contributed by atoms with E-state index < -0.39 is 5.97 Å². The Morgan fingerprint density at radius 1 is 1.25 bits per heavy atom. The fourth-order valence-corrected chi connectivity index (χ4v) is 2.06. The second-order valence-corrected chi connectivity index (χ2v) is 4.27. The minimum atomic E-state index is -0.959. The molecular formula is C13H11N5O2. The van der Waals surface area contributed by atoms with E-state index >= 15 is 0 Å². The Kier molecular flexibility index (Phi) is 2.79. The lowest BCUT2D eigenvalue weighted by Crippen LogP contribution is -2.07. The maximum absolute atomic E-state index is 11.2. The summed E-state index contributed by atoms with van der Waals surface area (Å²) in [4.78, 5) is 23.4. The van der Waals surface area contributed by atoms with E-state index in [1.165, 1.54) is 6.33 Å². The summed E-state index contributed by atoms with van der Waals surface area (Å²) in [6, 6.07) is 6.82. The maximum Gasteiger partial charge on any atom is 0.336 e. The first kappa shape index (κ1) is 12.1. The molecule has 0 aliphatic carbocycles. The molecule has 0 bridgehead atoms. The molecule has 0 saturated carbocycles. The average molecular weight is 269 g/mol. The Hall–Kier alpha value is -2.96. The number of hydrogen-bond donors (Lipinski definition) is 2. The summed E-state index contributed by atoms with van der Waals surface area (Å²) in [6.45, 7) is 0.357. The van der Waals surface area contributed by atoms with Crippen LogP contribution in [0, 0.1) is 0 Å². The zero-order valence-electron chi connectivity index (χ0n) is 10.4. The monoisotopic (exact) mass is 269 g/mol. The third-order valence-corrected chi connectivity index (χ3v) is 3.02. The molecule has 0 aliphatic heterocycles. The molecule has 3 N–H and O–H groups in total. The highest BCUT2D eigenvalue weighted by Gasteiger charge is 2.12. The molecule has 0 fully saturated rings. The van der Waals surface area contributed by atoms with Gasteiger partial charge in [0.2, 0.25) is 0 Å². The summed E-state index contributed by atoms with van der Waals surface area (Å²) in [7, 11) is 0. The van der Waals surface area contributed by atoms with Crippen molar-refractivity contribution >= 4 is 23.0 Å². The van der Waals surface area contributed by atoms with Gasteiger partial charge >= 0.3 is 5.97 Å². The number of nitrogens with zero attached hydrogens (tertiary/aromatic N) is 4. The van der Waals surface area contributed by atoms with Gasteiger partial charge in [-0.3, -0.25) is 0 Å². The van der Waals surface area contributed by atoms with Gasteiger partial charge in [0.1, 0.15) is 11.8 Å². The second kappa shape index (κ2) is 4.61. The van der Waals surface area contributed by atoms with Crippen LogP contribution in [-0.2, 0) is 6.54 Å². The number of carboxylic acid groups (broad SMARTS) is 1. The van der Waals surface area contributed by atoms with E-state index in [0.717, 1.165) is 0 Å². The Balaban J connectivity index is 2.06. The summed E-state index contributed by atoms with van der Waals surface area (Å²) in [6.07, 6.45) is 2.94. The van der Waals surface area contributed by atoms with Gasteiger partial charge in [-0.15, -0.1) is 0 Å². The van der Waals surface area contributed by atoms with E-state index in [9.17, 15) is 9.90 Å². The highest BCUT2D eigenvalue weighted by Crippen LogP contribution is 2.17. The van der Waals surface area contributed by atoms with E-state index in [0.29, 0.717) is 29.1 Å². The third-order valence-electron chi connectivity index (χ3n) is 3.02. The van der Waals surface area contributed by atoms with E-state index in [4.69, 9.17) is 5.73 Å². The topological polar surface area (TPSA) is 107 Å². The Morgan fingerprint density at radius 2 is 2.05 bits per heavy atom. The van der Waals surface area contributed by atoms with Crippen molar-refractivity contribution in [2.45, 2.75) is 6.54 Å². The van der Waals surface area contributed by atoms with Gasteiger partial charge in [-0.1, -0.05) is 18.2 Å². The minimum absolute atomic E-state index is 0.261. The molecule has 2 aromatic heterocycles. The molecule has 2 heterocycles. The number of imidazole rings is 1. The highest BCUT2D eigenvalue weighted by atomic mass is 16.4. The Labute approximate surface area is 113 Å². The first-order valence-electron chi connectivity index (χ1n) is 5.89. The van der Waals surface area contributed by atoms with Crippen molar-refractivity contribution < 1.29 is 9.90 Å². The summed E-state index contributed by atoms with van der Waals surface area (Å²) >= 11 is 0. The van der Waals surface area contributed by atoms with Crippen LogP contribution < -0.4 is 5.73 Å². The van der Waals surface area contributed by atoms with E-state index in [2.05, 4.69) is 15.0 Å². The van der Waals surface area contributed by atoms with Crippen LogP contribution in [0.5, 0.6) is 0 Å². The number of aromatic carboxylic acids is 1. The van der Waals surface area contributed by atoms with E-state index in [1.54, 1.807) is 35.2 Å². The minimum Gasteiger partial charge on any atom is -0.478 e. The zero-order valence-corrected chi connectivity index (χ0v) is 10.4. The van der Waals surface area contributed by atoms with Crippen LogP contribution in [0.1, 0.15) is 15.9 Å². The molecular weight excluding hydrogens is 258 g/mol. The standard InChI is InChI=1S/C13H11N5O2/c14-11-10-12(16-6-15-11)18(7-17-10)5-8-3-1-2-4-9(8)13(19)20/h1-4,6-7H,5H2,(H,19,20)(H2,14,15,16). The molecule has 3 aromatic rings. The van der Waals surface area contributed by atoms with Crippen LogP contribution in [0.15, 0.2) is 36.9 Å². The van der Waals surface area contributed by atoms with Gasteiger partial charge < -0.3 is 15.4 Å². The number of aromatic nitrogens is 4. The van der Waals surface area contributed by atoms with Gasteiger partial charge in [0.05, 0.1) is 18.4 Å². The number of carbonyl (C=O) groups is 1. The molecule has 0 atom stereocenters. The summed E-state index contributed by atoms with van der Waals surface area (Å²) in [5, 5.41) is 9.18. The van der Waals surface area contributed by atoms with Gasteiger partial charge in [-0.05, 0) is 11.6 Å². The van der Waals surface area contributed by atoms with Gasteiger partial charge in [-0.25, -0.2) is 19.7 Å². The molecule has 3 rings (SSSR count). The van der Waals surface area contributed by atoms with Crippen LogP contribution in [0.2, 0.25) is 0 Å². The van der Waals surface area contributed by atoms with Crippen molar-refractivity contribution in [3.05, 3.63) is 48.0 Å².